The Morgan fingerprint density at radius 3 is 2.63 bits per heavy atom. The van der Waals surface area contributed by atoms with Gasteiger partial charge in [-0.05, 0) is 34.1 Å². The molecule has 0 aliphatic heterocycles. The summed E-state index contributed by atoms with van der Waals surface area (Å²) in [6.45, 7) is 2.14. The number of rotatable bonds is 4. The smallest absolute Gasteiger partial charge is 0.253 e. The van der Waals surface area contributed by atoms with Gasteiger partial charge in [0, 0.05) is 30.7 Å². The zero-order valence-electron chi connectivity index (χ0n) is 11.0. The Kier molecular flexibility index (Phi) is 5.82. The molecule has 0 aliphatic carbocycles. The first-order valence-electron chi connectivity index (χ1n) is 5.79. The van der Waals surface area contributed by atoms with Crippen LogP contribution in [0.5, 0.6) is 0 Å². The molecule has 0 aliphatic rings. The maximum atomic E-state index is 12.2. The van der Waals surface area contributed by atoms with Gasteiger partial charge in [-0.15, -0.1) is 0 Å². The Labute approximate surface area is 126 Å². The molecule has 104 valence electrons. The quantitative estimate of drug-likeness (QED) is 0.910. The Bertz CT molecular complexity index is 494. The van der Waals surface area contributed by atoms with E-state index in [1.165, 1.54) is 4.90 Å². The highest BCUT2D eigenvalue weighted by molar-refractivity contribution is 9.10. The van der Waals surface area contributed by atoms with Crippen molar-refractivity contribution in [3.63, 3.8) is 0 Å². The van der Waals surface area contributed by atoms with E-state index < -0.39 is 0 Å². The average molecular weight is 348 g/mol. The summed E-state index contributed by atoms with van der Waals surface area (Å²) >= 11 is 9.17. The summed E-state index contributed by atoms with van der Waals surface area (Å²) in [4.78, 5) is 25.1. The van der Waals surface area contributed by atoms with Crippen LogP contribution >= 0.6 is 27.5 Å². The molecule has 0 saturated carbocycles. The Morgan fingerprint density at radius 2 is 2.11 bits per heavy atom. The number of benzene rings is 1. The number of hydrogen-bond donors (Lipinski definition) is 1. The van der Waals surface area contributed by atoms with Crippen molar-refractivity contribution in [3.8, 4) is 0 Å². The van der Waals surface area contributed by atoms with Crippen LogP contribution in [-0.2, 0) is 4.79 Å². The summed E-state index contributed by atoms with van der Waals surface area (Å²) in [6, 6.07) is 5.00. The lowest BCUT2D eigenvalue weighted by Gasteiger charge is -2.21. The van der Waals surface area contributed by atoms with Crippen molar-refractivity contribution >= 4 is 39.3 Å². The van der Waals surface area contributed by atoms with E-state index in [-0.39, 0.29) is 17.7 Å². The van der Waals surface area contributed by atoms with E-state index in [4.69, 9.17) is 11.6 Å². The molecule has 6 heteroatoms. The molecular weight excluding hydrogens is 332 g/mol. The first-order valence-corrected chi connectivity index (χ1v) is 6.96. The molecule has 0 spiro atoms. The van der Waals surface area contributed by atoms with Gasteiger partial charge in [0.1, 0.15) is 0 Å². The first kappa shape index (κ1) is 16.0. The fourth-order valence-corrected chi connectivity index (χ4v) is 2.17. The van der Waals surface area contributed by atoms with E-state index in [1.54, 1.807) is 39.2 Å². The highest BCUT2D eigenvalue weighted by Gasteiger charge is 2.18. The molecule has 0 heterocycles. The van der Waals surface area contributed by atoms with Crippen LogP contribution in [-0.4, -0.2) is 37.4 Å². The van der Waals surface area contributed by atoms with E-state index in [0.29, 0.717) is 21.6 Å². The third kappa shape index (κ3) is 4.21. The van der Waals surface area contributed by atoms with E-state index in [1.807, 2.05) is 0 Å². The molecule has 2 amide bonds. The first-order chi connectivity index (χ1) is 8.86. The molecule has 19 heavy (non-hydrogen) atoms. The molecule has 4 nitrogen and oxygen atoms in total. The van der Waals surface area contributed by atoms with Crippen LogP contribution in [0.3, 0.4) is 0 Å². The number of amides is 2. The van der Waals surface area contributed by atoms with Crippen LogP contribution in [0.2, 0.25) is 5.02 Å². The summed E-state index contributed by atoms with van der Waals surface area (Å²) in [6.07, 6.45) is 0. The van der Waals surface area contributed by atoms with Crippen LogP contribution in [0.4, 0.5) is 0 Å². The maximum Gasteiger partial charge on any atom is 0.253 e. The van der Waals surface area contributed by atoms with E-state index in [9.17, 15) is 9.59 Å². The van der Waals surface area contributed by atoms with Gasteiger partial charge in [0.2, 0.25) is 5.91 Å². The number of halogens is 2. The van der Waals surface area contributed by atoms with Gasteiger partial charge in [-0.3, -0.25) is 9.59 Å². The minimum Gasteiger partial charge on any atom is -0.359 e. The molecule has 0 saturated heterocycles. The molecule has 0 fully saturated rings. The van der Waals surface area contributed by atoms with E-state index in [0.717, 1.165) is 0 Å². The lowest BCUT2D eigenvalue weighted by atomic mass is 10.1. The normalized spacial score (nSPS) is 11.8. The second-order valence-corrected chi connectivity index (χ2v) is 5.59. The lowest BCUT2D eigenvalue weighted by molar-refractivity contribution is -0.124. The highest BCUT2D eigenvalue weighted by Crippen LogP contribution is 2.23. The predicted molar refractivity (Wildman–Crippen MR) is 79.3 cm³/mol. The number of carbonyl (C=O) groups excluding carboxylic acids is 2. The predicted octanol–water partition coefficient (Wildman–Crippen LogP) is 2.56. The molecule has 1 unspecified atom stereocenters. The topological polar surface area (TPSA) is 49.4 Å². The molecule has 0 bridgehead atoms. The van der Waals surface area contributed by atoms with Crippen molar-refractivity contribution in [2.24, 2.45) is 5.92 Å². The number of hydrogen-bond acceptors (Lipinski definition) is 2. The SMILES string of the molecule is CNC(=O)C(C)CN(C)C(=O)c1ccc(Cl)c(Br)c1. The molecule has 1 rings (SSSR count). The van der Waals surface area contributed by atoms with Gasteiger partial charge in [-0.1, -0.05) is 18.5 Å². The van der Waals surface area contributed by atoms with Crippen LogP contribution in [0.15, 0.2) is 22.7 Å². The fourth-order valence-electron chi connectivity index (χ4n) is 1.67. The van der Waals surface area contributed by atoms with Gasteiger partial charge in [0.25, 0.3) is 5.91 Å². The van der Waals surface area contributed by atoms with Gasteiger partial charge < -0.3 is 10.2 Å². The molecule has 1 aromatic rings. The Morgan fingerprint density at radius 1 is 1.47 bits per heavy atom. The third-order valence-electron chi connectivity index (χ3n) is 2.75. The fraction of sp³-hybridized carbons (Fsp3) is 0.385. The summed E-state index contributed by atoms with van der Waals surface area (Å²) < 4.78 is 0.674. The van der Waals surface area contributed by atoms with E-state index >= 15 is 0 Å². The van der Waals surface area contributed by atoms with Crippen LogP contribution in [0.1, 0.15) is 17.3 Å². The van der Waals surface area contributed by atoms with Crippen LogP contribution < -0.4 is 5.32 Å². The van der Waals surface area contributed by atoms with Crippen molar-refractivity contribution in [1.29, 1.82) is 0 Å². The van der Waals surface area contributed by atoms with Crippen molar-refractivity contribution in [1.82, 2.24) is 10.2 Å². The van der Waals surface area contributed by atoms with Gasteiger partial charge in [-0.25, -0.2) is 0 Å². The summed E-state index contributed by atoms with van der Waals surface area (Å²) in [5, 5.41) is 3.12. The standard InChI is InChI=1S/C13H16BrClN2O2/c1-8(12(18)16-2)7-17(3)13(19)9-4-5-11(15)10(14)6-9/h4-6,8H,7H2,1-3H3,(H,16,18). The Hall–Kier alpha value is -1.07. The molecule has 1 aromatic carbocycles. The molecular formula is C13H16BrClN2O2. The van der Waals surface area contributed by atoms with Crippen molar-refractivity contribution < 1.29 is 9.59 Å². The number of nitrogens with zero attached hydrogens (tertiary/aromatic N) is 1. The van der Waals surface area contributed by atoms with Gasteiger partial charge >= 0.3 is 0 Å². The molecule has 1 atom stereocenters. The minimum absolute atomic E-state index is 0.0862. The molecule has 0 radical (unpaired) electrons. The monoisotopic (exact) mass is 346 g/mol. The molecule has 0 aromatic heterocycles. The van der Waals surface area contributed by atoms with Crippen LogP contribution in [0.25, 0.3) is 0 Å². The minimum atomic E-state index is -0.255. The zero-order chi connectivity index (χ0) is 14.6. The Balaban J connectivity index is 2.76. The summed E-state index contributed by atoms with van der Waals surface area (Å²) in [5.74, 6) is -0.486. The second kappa shape index (κ2) is 6.91. The number of carbonyl (C=O) groups is 2. The van der Waals surface area contributed by atoms with Gasteiger partial charge in [0.15, 0.2) is 0 Å². The van der Waals surface area contributed by atoms with Crippen LogP contribution in [0, 0.1) is 5.92 Å². The number of nitrogens with one attached hydrogen (secondary N) is 1. The lowest BCUT2D eigenvalue weighted by Crippen LogP contribution is -2.37. The van der Waals surface area contributed by atoms with Crippen molar-refractivity contribution in [2.75, 3.05) is 20.6 Å². The van der Waals surface area contributed by atoms with Gasteiger partial charge in [-0.2, -0.15) is 0 Å². The highest BCUT2D eigenvalue weighted by atomic mass is 79.9. The summed E-state index contributed by atoms with van der Waals surface area (Å²) in [5.41, 5.74) is 0.530. The zero-order valence-corrected chi connectivity index (χ0v) is 13.4. The summed E-state index contributed by atoms with van der Waals surface area (Å²) in [7, 11) is 3.25. The average Bonchev–Trinajstić information content (AvgIpc) is 2.39. The maximum absolute atomic E-state index is 12.2. The third-order valence-corrected chi connectivity index (χ3v) is 3.97. The largest absolute Gasteiger partial charge is 0.359 e. The van der Waals surface area contributed by atoms with Gasteiger partial charge in [0.05, 0.1) is 10.9 Å². The van der Waals surface area contributed by atoms with Crippen molar-refractivity contribution in [2.45, 2.75) is 6.92 Å². The second-order valence-electron chi connectivity index (χ2n) is 4.33. The van der Waals surface area contributed by atoms with E-state index in [2.05, 4.69) is 21.2 Å². The molecule has 1 N–H and O–H groups in total. The van der Waals surface area contributed by atoms with Crippen molar-refractivity contribution in [3.05, 3.63) is 33.3 Å².